The number of carbonyl (C=O) groups excluding carboxylic acids is 3. The number of rotatable bonds is 7. The standard InChI is InChI=1S/C25H35N5O3/c1-24(2)13-17(14-25(3,4)29-24)27-21(31)10-9-20-22(32)30(23(33)28-20)12-11-16-15-26-19-8-6-5-7-18(16)19/h5-8,15,17,20,26,29H,9-14H2,1-4H3,(H,27,31)(H,28,33)/t20-/m0/s1. The second-order valence-corrected chi connectivity index (χ2v) is 10.7. The van der Waals surface area contributed by atoms with Crippen LogP contribution in [-0.4, -0.2) is 57.4 Å². The highest BCUT2D eigenvalue weighted by Crippen LogP contribution is 2.28. The molecule has 178 valence electrons. The highest BCUT2D eigenvalue weighted by atomic mass is 16.2. The maximum Gasteiger partial charge on any atom is 0.324 e. The molecule has 1 aromatic carbocycles. The molecule has 0 radical (unpaired) electrons. The van der Waals surface area contributed by atoms with E-state index in [-0.39, 0.29) is 41.4 Å². The number of piperidine rings is 1. The molecule has 8 nitrogen and oxygen atoms in total. The summed E-state index contributed by atoms with van der Waals surface area (Å²) in [7, 11) is 0. The van der Waals surface area contributed by atoms with Gasteiger partial charge in [0, 0.05) is 47.2 Å². The lowest BCUT2D eigenvalue weighted by molar-refractivity contribution is -0.127. The molecular formula is C25H35N5O3. The summed E-state index contributed by atoms with van der Waals surface area (Å²) in [5.41, 5.74) is 2.00. The Morgan fingerprint density at radius 1 is 1.12 bits per heavy atom. The number of carbonyl (C=O) groups is 3. The Labute approximate surface area is 194 Å². The quantitative estimate of drug-likeness (QED) is 0.484. The Kier molecular flexibility index (Phi) is 6.22. The van der Waals surface area contributed by atoms with Gasteiger partial charge in [-0.15, -0.1) is 0 Å². The minimum absolute atomic E-state index is 0.0552. The lowest BCUT2D eigenvalue weighted by atomic mass is 9.79. The molecule has 0 saturated carbocycles. The summed E-state index contributed by atoms with van der Waals surface area (Å²) >= 11 is 0. The Balaban J connectivity index is 1.27. The third-order valence-electron chi connectivity index (χ3n) is 6.60. The molecule has 33 heavy (non-hydrogen) atoms. The molecule has 2 aliphatic rings. The summed E-state index contributed by atoms with van der Waals surface area (Å²) in [6, 6.07) is 7.02. The van der Waals surface area contributed by atoms with Crippen LogP contribution in [0.3, 0.4) is 0 Å². The average molecular weight is 454 g/mol. The second-order valence-electron chi connectivity index (χ2n) is 10.7. The smallest absolute Gasteiger partial charge is 0.324 e. The summed E-state index contributed by atoms with van der Waals surface area (Å²) in [5.74, 6) is -0.329. The summed E-state index contributed by atoms with van der Waals surface area (Å²) in [6.45, 7) is 8.89. The van der Waals surface area contributed by atoms with Gasteiger partial charge in [-0.05, 0) is 65.0 Å². The molecule has 3 heterocycles. The number of aromatic amines is 1. The number of fused-ring (bicyclic) bond motifs is 1. The van der Waals surface area contributed by atoms with Crippen LogP contribution in [0.25, 0.3) is 10.9 Å². The van der Waals surface area contributed by atoms with E-state index in [0.29, 0.717) is 19.4 Å². The molecule has 2 fully saturated rings. The van der Waals surface area contributed by atoms with E-state index in [4.69, 9.17) is 0 Å². The predicted molar refractivity (Wildman–Crippen MR) is 128 cm³/mol. The molecule has 2 saturated heterocycles. The largest absolute Gasteiger partial charge is 0.361 e. The maximum atomic E-state index is 12.8. The van der Waals surface area contributed by atoms with E-state index in [1.807, 2.05) is 30.5 Å². The average Bonchev–Trinajstić information content (AvgIpc) is 3.23. The number of hydrogen-bond acceptors (Lipinski definition) is 4. The zero-order valence-electron chi connectivity index (χ0n) is 20.0. The van der Waals surface area contributed by atoms with Crippen molar-refractivity contribution in [2.75, 3.05) is 6.54 Å². The normalized spacial score (nSPS) is 22.5. The summed E-state index contributed by atoms with van der Waals surface area (Å²) in [5, 5.41) is 10.6. The van der Waals surface area contributed by atoms with Crippen LogP contribution < -0.4 is 16.0 Å². The number of aromatic nitrogens is 1. The van der Waals surface area contributed by atoms with Gasteiger partial charge in [0.05, 0.1) is 0 Å². The number of para-hydroxylation sites is 1. The molecule has 4 amide bonds. The molecule has 4 N–H and O–H groups in total. The highest BCUT2D eigenvalue weighted by molar-refractivity contribution is 6.04. The lowest BCUT2D eigenvalue weighted by Gasteiger charge is -2.46. The van der Waals surface area contributed by atoms with Gasteiger partial charge in [-0.25, -0.2) is 4.79 Å². The van der Waals surface area contributed by atoms with Gasteiger partial charge in [-0.3, -0.25) is 14.5 Å². The van der Waals surface area contributed by atoms with E-state index >= 15 is 0 Å². The highest BCUT2D eigenvalue weighted by Gasteiger charge is 2.39. The SMILES string of the molecule is CC1(C)CC(NC(=O)CC[C@@H]2NC(=O)N(CCc3c[nH]c4ccccc34)C2=O)CC(C)(C)N1. The van der Waals surface area contributed by atoms with Crippen LogP contribution in [0.1, 0.15) is 58.9 Å². The summed E-state index contributed by atoms with van der Waals surface area (Å²) < 4.78 is 0. The molecule has 0 aliphatic carbocycles. The number of hydrogen-bond donors (Lipinski definition) is 4. The minimum Gasteiger partial charge on any atom is -0.361 e. The first-order valence-electron chi connectivity index (χ1n) is 11.8. The van der Waals surface area contributed by atoms with Crippen molar-refractivity contribution in [2.24, 2.45) is 0 Å². The van der Waals surface area contributed by atoms with Gasteiger partial charge >= 0.3 is 6.03 Å². The van der Waals surface area contributed by atoms with Gasteiger partial charge < -0.3 is 20.9 Å². The molecule has 0 bridgehead atoms. The number of urea groups is 1. The molecule has 0 unspecified atom stereocenters. The maximum absolute atomic E-state index is 12.8. The molecule has 2 aromatic rings. The van der Waals surface area contributed by atoms with Crippen LogP contribution in [0.2, 0.25) is 0 Å². The fourth-order valence-electron chi connectivity index (χ4n) is 5.55. The topological polar surface area (TPSA) is 106 Å². The van der Waals surface area contributed by atoms with Gasteiger partial charge in [0.1, 0.15) is 6.04 Å². The number of nitrogens with one attached hydrogen (secondary N) is 4. The second kappa shape index (κ2) is 8.82. The van der Waals surface area contributed by atoms with Crippen molar-refractivity contribution < 1.29 is 14.4 Å². The fourth-order valence-corrected chi connectivity index (χ4v) is 5.55. The molecule has 0 spiro atoms. The van der Waals surface area contributed by atoms with Crippen molar-refractivity contribution in [1.82, 2.24) is 25.8 Å². The molecule has 4 rings (SSSR count). The van der Waals surface area contributed by atoms with Crippen LogP contribution in [-0.2, 0) is 16.0 Å². The molecule has 2 aliphatic heterocycles. The summed E-state index contributed by atoms with van der Waals surface area (Å²) in [6.07, 6.45) is 4.72. The first kappa shape index (κ1) is 23.3. The lowest BCUT2D eigenvalue weighted by Crippen LogP contribution is -2.62. The fraction of sp³-hybridized carbons (Fsp3) is 0.560. The van der Waals surface area contributed by atoms with E-state index < -0.39 is 6.04 Å². The number of benzene rings is 1. The molecule has 1 aromatic heterocycles. The minimum atomic E-state index is -0.646. The third-order valence-corrected chi connectivity index (χ3v) is 6.60. The van der Waals surface area contributed by atoms with E-state index in [1.54, 1.807) is 0 Å². The van der Waals surface area contributed by atoms with Crippen molar-refractivity contribution >= 4 is 28.7 Å². The van der Waals surface area contributed by atoms with Crippen molar-refractivity contribution in [3.05, 3.63) is 36.0 Å². The Hall–Kier alpha value is -2.87. The molecule has 8 heteroatoms. The monoisotopic (exact) mass is 453 g/mol. The van der Waals surface area contributed by atoms with Gasteiger partial charge in [0.15, 0.2) is 0 Å². The Morgan fingerprint density at radius 3 is 2.55 bits per heavy atom. The van der Waals surface area contributed by atoms with Crippen LogP contribution in [0.15, 0.2) is 30.5 Å². The van der Waals surface area contributed by atoms with Crippen LogP contribution in [0, 0.1) is 0 Å². The molecule has 1 atom stereocenters. The van der Waals surface area contributed by atoms with E-state index in [1.165, 1.54) is 4.90 Å². The number of H-pyrrole nitrogens is 1. The van der Waals surface area contributed by atoms with Gasteiger partial charge in [-0.1, -0.05) is 18.2 Å². The van der Waals surface area contributed by atoms with Crippen LogP contribution >= 0.6 is 0 Å². The van der Waals surface area contributed by atoms with Crippen molar-refractivity contribution in [3.63, 3.8) is 0 Å². The van der Waals surface area contributed by atoms with E-state index in [9.17, 15) is 14.4 Å². The Bertz CT molecular complexity index is 1040. The summed E-state index contributed by atoms with van der Waals surface area (Å²) in [4.78, 5) is 42.3. The molecular weight excluding hydrogens is 418 g/mol. The Morgan fingerprint density at radius 2 is 1.82 bits per heavy atom. The number of imide groups is 1. The number of amides is 4. The zero-order chi connectivity index (χ0) is 23.8. The number of nitrogens with zero attached hydrogens (tertiary/aromatic N) is 1. The van der Waals surface area contributed by atoms with Crippen molar-refractivity contribution in [3.8, 4) is 0 Å². The predicted octanol–water partition coefficient (Wildman–Crippen LogP) is 2.84. The van der Waals surface area contributed by atoms with Gasteiger partial charge in [0.25, 0.3) is 5.91 Å². The third kappa shape index (κ3) is 5.38. The van der Waals surface area contributed by atoms with Crippen molar-refractivity contribution in [2.45, 2.75) is 83.0 Å². The van der Waals surface area contributed by atoms with Crippen LogP contribution in [0.4, 0.5) is 4.79 Å². The van der Waals surface area contributed by atoms with E-state index in [2.05, 4.69) is 48.6 Å². The van der Waals surface area contributed by atoms with Crippen molar-refractivity contribution in [1.29, 1.82) is 0 Å². The van der Waals surface area contributed by atoms with E-state index in [0.717, 1.165) is 29.3 Å². The van der Waals surface area contributed by atoms with Gasteiger partial charge in [-0.2, -0.15) is 0 Å². The first-order chi connectivity index (χ1) is 15.5. The first-order valence-corrected chi connectivity index (χ1v) is 11.8. The zero-order valence-corrected chi connectivity index (χ0v) is 20.0. The van der Waals surface area contributed by atoms with Crippen LogP contribution in [0.5, 0.6) is 0 Å². The van der Waals surface area contributed by atoms with Gasteiger partial charge in [0.2, 0.25) is 5.91 Å².